The summed E-state index contributed by atoms with van der Waals surface area (Å²) < 4.78 is 17.2. The van der Waals surface area contributed by atoms with Gasteiger partial charge in [-0.25, -0.2) is 0 Å². The van der Waals surface area contributed by atoms with Gasteiger partial charge in [-0.1, -0.05) is 78.9 Å². The lowest BCUT2D eigenvalue weighted by Gasteiger charge is -2.27. The molecule has 0 fully saturated rings. The maximum atomic E-state index is 6.21. The van der Waals surface area contributed by atoms with E-state index in [1.54, 1.807) is 21.3 Å². The van der Waals surface area contributed by atoms with Crippen molar-refractivity contribution >= 4 is 17.1 Å². The lowest BCUT2D eigenvalue weighted by molar-refractivity contribution is 0.415. The molecule has 0 aromatic heterocycles. The van der Waals surface area contributed by atoms with Crippen molar-refractivity contribution in [3.8, 4) is 17.2 Å². The Hall–Kier alpha value is -5.14. The fourth-order valence-electron chi connectivity index (χ4n) is 5.60. The van der Waals surface area contributed by atoms with E-state index in [-0.39, 0.29) is 11.8 Å². The van der Waals surface area contributed by atoms with Gasteiger partial charge in [0.2, 0.25) is 0 Å². The van der Waals surface area contributed by atoms with Crippen LogP contribution in [-0.4, -0.2) is 21.3 Å². The zero-order chi connectivity index (χ0) is 29.6. The third-order valence-corrected chi connectivity index (χ3v) is 7.61. The highest BCUT2D eigenvalue weighted by Gasteiger charge is 2.27. The van der Waals surface area contributed by atoms with Crippen LogP contribution in [-0.2, 0) is 0 Å². The van der Waals surface area contributed by atoms with E-state index in [9.17, 15) is 0 Å². The molecule has 214 valence electrons. The standard InChI is InChI=1S/C35H36N4O3/c1-40-30-19-24(14-16-28(30)36)33(22-10-6-4-7-11-22)26-18-27(35(39-38)32(21-26)42-3)34(23-12-8-5-9-13-23)25-15-17-29(37)31(20-25)41-2/h4-21,33-34,39H,36-38H2,1-3H3. The molecular weight excluding hydrogens is 524 g/mol. The molecule has 2 atom stereocenters. The van der Waals surface area contributed by atoms with Gasteiger partial charge in [0.15, 0.2) is 0 Å². The van der Waals surface area contributed by atoms with Crippen LogP contribution in [0.25, 0.3) is 0 Å². The van der Waals surface area contributed by atoms with Crippen molar-refractivity contribution in [3.63, 3.8) is 0 Å². The van der Waals surface area contributed by atoms with Gasteiger partial charge in [-0.15, -0.1) is 0 Å². The molecule has 0 aliphatic heterocycles. The molecule has 7 nitrogen and oxygen atoms in total. The van der Waals surface area contributed by atoms with E-state index in [1.165, 1.54) is 0 Å². The Labute approximate surface area is 246 Å². The molecule has 0 saturated carbocycles. The van der Waals surface area contributed by atoms with E-state index in [0.717, 1.165) is 33.4 Å². The van der Waals surface area contributed by atoms with E-state index in [2.05, 4.69) is 35.8 Å². The Morgan fingerprint density at radius 2 is 0.952 bits per heavy atom. The fraction of sp³-hybridized carbons (Fsp3) is 0.143. The maximum Gasteiger partial charge on any atom is 0.143 e. The average molecular weight is 561 g/mol. The molecule has 7 heteroatoms. The van der Waals surface area contributed by atoms with Crippen molar-refractivity contribution in [2.75, 3.05) is 38.2 Å². The molecular formula is C35H36N4O3. The molecule has 0 aliphatic rings. The van der Waals surface area contributed by atoms with Crippen LogP contribution in [0, 0.1) is 0 Å². The fourth-order valence-corrected chi connectivity index (χ4v) is 5.60. The summed E-state index contributed by atoms with van der Waals surface area (Å²) in [5, 5.41) is 0. The van der Waals surface area contributed by atoms with Crippen LogP contribution >= 0.6 is 0 Å². The number of hydrogen-bond acceptors (Lipinski definition) is 7. The van der Waals surface area contributed by atoms with Crippen molar-refractivity contribution in [3.05, 3.63) is 143 Å². The van der Waals surface area contributed by atoms with E-state index in [1.807, 2.05) is 78.9 Å². The zero-order valence-electron chi connectivity index (χ0n) is 24.0. The molecule has 0 heterocycles. The van der Waals surface area contributed by atoms with Gasteiger partial charge in [0.25, 0.3) is 0 Å². The Balaban J connectivity index is 1.81. The maximum absolute atomic E-state index is 6.21. The van der Waals surface area contributed by atoms with Crippen LogP contribution in [0.1, 0.15) is 45.2 Å². The topological polar surface area (TPSA) is 118 Å². The van der Waals surface area contributed by atoms with E-state index >= 15 is 0 Å². The van der Waals surface area contributed by atoms with Gasteiger partial charge in [-0.05, 0) is 63.7 Å². The first-order valence-corrected chi connectivity index (χ1v) is 13.6. The summed E-state index contributed by atoms with van der Waals surface area (Å²) in [7, 11) is 4.90. The van der Waals surface area contributed by atoms with Crippen LogP contribution in [0.4, 0.5) is 17.1 Å². The van der Waals surface area contributed by atoms with Gasteiger partial charge < -0.3 is 31.1 Å². The minimum Gasteiger partial charge on any atom is -0.495 e. The number of hydrazine groups is 1. The second-order valence-electron chi connectivity index (χ2n) is 10.0. The van der Waals surface area contributed by atoms with Crippen molar-refractivity contribution < 1.29 is 14.2 Å². The molecule has 0 saturated heterocycles. The smallest absolute Gasteiger partial charge is 0.143 e. The minimum atomic E-state index is -0.224. The summed E-state index contributed by atoms with van der Waals surface area (Å²) in [6.45, 7) is 0. The van der Waals surface area contributed by atoms with Crippen LogP contribution in [0.15, 0.2) is 109 Å². The normalized spacial score (nSPS) is 12.3. The zero-order valence-corrected chi connectivity index (χ0v) is 24.0. The summed E-state index contributed by atoms with van der Waals surface area (Å²) in [6, 6.07) is 36.6. The highest BCUT2D eigenvalue weighted by Crippen LogP contribution is 2.45. The number of hydrogen-bond donors (Lipinski definition) is 4. The largest absolute Gasteiger partial charge is 0.495 e. The molecule has 0 amide bonds. The van der Waals surface area contributed by atoms with Gasteiger partial charge in [0.1, 0.15) is 17.2 Å². The summed E-state index contributed by atoms with van der Waals surface area (Å²) in [6.07, 6.45) is 0. The number of anilines is 3. The van der Waals surface area contributed by atoms with Crippen molar-refractivity contribution in [2.45, 2.75) is 11.8 Å². The highest BCUT2D eigenvalue weighted by molar-refractivity contribution is 5.70. The van der Waals surface area contributed by atoms with Crippen LogP contribution in [0.5, 0.6) is 17.2 Å². The molecule has 7 N–H and O–H groups in total. The molecule has 5 aromatic rings. The Morgan fingerprint density at radius 3 is 1.43 bits per heavy atom. The predicted octanol–water partition coefficient (Wildman–Crippen LogP) is 6.52. The summed E-state index contributed by atoms with van der Waals surface area (Å²) >= 11 is 0. The number of nitrogens with one attached hydrogen (secondary N) is 1. The molecule has 0 spiro atoms. The van der Waals surface area contributed by atoms with Crippen molar-refractivity contribution in [2.24, 2.45) is 5.84 Å². The molecule has 0 radical (unpaired) electrons. The predicted molar refractivity (Wildman–Crippen MR) is 170 cm³/mol. The summed E-state index contributed by atoms with van der Waals surface area (Å²) in [5.41, 5.74) is 23.3. The second-order valence-corrected chi connectivity index (χ2v) is 10.0. The summed E-state index contributed by atoms with van der Waals surface area (Å²) in [5.74, 6) is 7.67. The van der Waals surface area contributed by atoms with E-state index in [0.29, 0.717) is 34.3 Å². The van der Waals surface area contributed by atoms with E-state index in [4.69, 9.17) is 31.5 Å². The van der Waals surface area contributed by atoms with Gasteiger partial charge in [0, 0.05) is 11.8 Å². The molecule has 0 aliphatic carbocycles. The number of rotatable bonds is 10. The van der Waals surface area contributed by atoms with Crippen LogP contribution in [0.2, 0.25) is 0 Å². The lowest BCUT2D eigenvalue weighted by atomic mass is 9.79. The Kier molecular flexibility index (Phi) is 8.50. The molecule has 42 heavy (non-hydrogen) atoms. The van der Waals surface area contributed by atoms with E-state index < -0.39 is 0 Å². The molecule has 0 bridgehead atoms. The number of nitrogen functional groups attached to an aromatic ring is 3. The number of benzene rings is 5. The van der Waals surface area contributed by atoms with Gasteiger partial charge >= 0.3 is 0 Å². The van der Waals surface area contributed by atoms with Crippen molar-refractivity contribution in [1.29, 1.82) is 0 Å². The molecule has 5 rings (SSSR count). The first-order chi connectivity index (χ1) is 20.5. The molecule has 5 aromatic carbocycles. The average Bonchev–Trinajstić information content (AvgIpc) is 3.03. The Morgan fingerprint density at radius 1 is 0.500 bits per heavy atom. The number of ether oxygens (including phenoxy) is 3. The van der Waals surface area contributed by atoms with Gasteiger partial charge in [0.05, 0.1) is 38.4 Å². The first-order valence-electron chi connectivity index (χ1n) is 13.6. The van der Waals surface area contributed by atoms with Crippen LogP contribution in [0.3, 0.4) is 0 Å². The molecule has 2 unspecified atom stereocenters. The SMILES string of the molecule is COc1cc(C(c2ccccc2)c2cc(OC)c(NN)c(C(c3ccccc3)c3ccc(N)c(OC)c3)c2)ccc1N. The third kappa shape index (κ3) is 5.55. The lowest BCUT2D eigenvalue weighted by Crippen LogP contribution is -2.16. The van der Waals surface area contributed by atoms with Gasteiger partial charge in [-0.2, -0.15) is 0 Å². The minimum absolute atomic E-state index is 0.155. The van der Waals surface area contributed by atoms with Crippen molar-refractivity contribution in [1.82, 2.24) is 0 Å². The summed E-state index contributed by atoms with van der Waals surface area (Å²) in [4.78, 5) is 0. The van der Waals surface area contributed by atoms with Gasteiger partial charge in [-0.3, -0.25) is 5.84 Å². The Bertz CT molecular complexity index is 1660. The monoisotopic (exact) mass is 560 g/mol. The number of methoxy groups -OCH3 is 3. The second kappa shape index (κ2) is 12.6. The highest BCUT2D eigenvalue weighted by atomic mass is 16.5. The third-order valence-electron chi connectivity index (χ3n) is 7.61. The van der Waals surface area contributed by atoms with Crippen LogP contribution < -0.4 is 36.9 Å². The first kappa shape index (κ1) is 28.4. The quantitative estimate of drug-likeness (QED) is 0.0664. The number of nitrogens with two attached hydrogens (primary N) is 3.